The highest BCUT2D eigenvalue weighted by molar-refractivity contribution is 7.92. The zero-order valence-electron chi connectivity index (χ0n) is 11.8. The molecule has 1 N–H and O–H groups in total. The molecule has 0 amide bonds. The number of sulfonamides is 1. The van der Waals surface area contributed by atoms with Gasteiger partial charge in [0.2, 0.25) is 10.0 Å². The van der Waals surface area contributed by atoms with E-state index in [-0.39, 0.29) is 11.9 Å². The normalized spacial score (nSPS) is 18.5. The van der Waals surface area contributed by atoms with Crippen LogP contribution in [0.2, 0.25) is 5.02 Å². The number of nitrogens with one attached hydrogen (secondary N) is 1. The second-order valence-corrected chi connectivity index (χ2v) is 7.33. The highest BCUT2D eigenvalue weighted by Crippen LogP contribution is 2.26. The third-order valence-electron chi connectivity index (χ3n) is 3.40. The van der Waals surface area contributed by atoms with Crippen LogP contribution >= 0.6 is 11.6 Å². The van der Waals surface area contributed by atoms with Crippen molar-refractivity contribution in [3.8, 4) is 5.69 Å². The topological polar surface area (TPSA) is 73.2 Å². The lowest BCUT2D eigenvalue weighted by atomic mass is 10.3. The number of halogens is 1. The molecule has 1 atom stereocenters. The Morgan fingerprint density at radius 1 is 1.45 bits per heavy atom. The number of rotatable bonds is 5. The smallest absolute Gasteiger partial charge is 0.235 e. The molecule has 0 radical (unpaired) electrons. The van der Waals surface area contributed by atoms with E-state index in [9.17, 15) is 8.42 Å². The minimum Gasteiger partial charge on any atom is -0.377 e. The second kappa shape index (κ2) is 6.28. The Kier molecular flexibility index (Phi) is 4.37. The minimum absolute atomic E-state index is 0.0575. The van der Waals surface area contributed by atoms with Crippen LogP contribution in [0.5, 0.6) is 0 Å². The molecule has 0 unspecified atom stereocenters. The fraction of sp³-hybridized carbons (Fsp3) is 0.357. The van der Waals surface area contributed by atoms with Gasteiger partial charge in [-0.25, -0.2) is 13.1 Å². The summed E-state index contributed by atoms with van der Waals surface area (Å²) in [5.41, 5.74) is 1.01. The van der Waals surface area contributed by atoms with Crippen molar-refractivity contribution in [1.29, 1.82) is 0 Å². The quantitative estimate of drug-likeness (QED) is 0.906. The van der Waals surface area contributed by atoms with Gasteiger partial charge in [-0.1, -0.05) is 11.6 Å². The molecule has 8 heteroatoms. The van der Waals surface area contributed by atoms with Gasteiger partial charge in [-0.05, 0) is 37.1 Å². The lowest BCUT2D eigenvalue weighted by Crippen LogP contribution is -2.26. The maximum Gasteiger partial charge on any atom is 0.235 e. The third-order valence-corrected chi connectivity index (χ3v) is 4.98. The Labute approximate surface area is 134 Å². The Morgan fingerprint density at radius 2 is 2.32 bits per heavy atom. The van der Waals surface area contributed by atoms with Crippen LogP contribution in [0.4, 0.5) is 5.69 Å². The summed E-state index contributed by atoms with van der Waals surface area (Å²) >= 11 is 5.99. The zero-order valence-corrected chi connectivity index (χ0v) is 13.3. The van der Waals surface area contributed by atoms with Crippen molar-refractivity contribution in [2.45, 2.75) is 18.9 Å². The first-order valence-electron chi connectivity index (χ1n) is 6.95. The largest absolute Gasteiger partial charge is 0.377 e. The van der Waals surface area contributed by atoms with Gasteiger partial charge in [-0.3, -0.25) is 4.72 Å². The Hall–Kier alpha value is -1.57. The first-order chi connectivity index (χ1) is 10.5. The van der Waals surface area contributed by atoms with E-state index in [1.807, 2.05) is 0 Å². The number of ether oxygens (including phenoxy) is 1. The maximum atomic E-state index is 12.3. The molecule has 1 aliphatic heterocycles. The van der Waals surface area contributed by atoms with Crippen LogP contribution in [0.3, 0.4) is 0 Å². The molecule has 1 aromatic carbocycles. The van der Waals surface area contributed by atoms with Crippen molar-refractivity contribution in [3.05, 3.63) is 41.7 Å². The molecule has 6 nitrogen and oxygen atoms in total. The molecule has 0 saturated carbocycles. The van der Waals surface area contributed by atoms with E-state index < -0.39 is 10.0 Å². The summed E-state index contributed by atoms with van der Waals surface area (Å²) < 4.78 is 34.2. The monoisotopic (exact) mass is 341 g/mol. The molecular weight excluding hydrogens is 326 g/mol. The summed E-state index contributed by atoms with van der Waals surface area (Å²) in [6.45, 7) is 0.621. The number of hydrogen-bond acceptors (Lipinski definition) is 4. The molecule has 1 fully saturated rings. The number of nitrogens with zero attached hydrogens (tertiary/aromatic N) is 2. The van der Waals surface area contributed by atoms with E-state index >= 15 is 0 Å². The molecule has 1 aromatic heterocycles. The number of hydrogen-bond donors (Lipinski definition) is 1. The van der Waals surface area contributed by atoms with Crippen LogP contribution in [-0.4, -0.2) is 36.7 Å². The molecule has 0 aliphatic carbocycles. The van der Waals surface area contributed by atoms with E-state index in [1.54, 1.807) is 41.3 Å². The lowest BCUT2D eigenvalue weighted by molar-refractivity contribution is 0.127. The number of aromatic nitrogens is 2. The van der Waals surface area contributed by atoms with Crippen molar-refractivity contribution in [3.63, 3.8) is 0 Å². The van der Waals surface area contributed by atoms with E-state index in [0.29, 0.717) is 23.0 Å². The predicted octanol–water partition coefficient (Wildman–Crippen LogP) is 2.45. The van der Waals surface area contributed by atoms with Gasteiger partial charge in [0.25, 0.3) is 0 Å². The van der Waals surface area contributed by atoms with Crippen LogP contribution in [0, 0.1) is 0 Å². The van der Waals surface area contributed by atoms with E-state index in [4.69, 9.17) is 16.3 Å². The number of benzene rings is 1. The van der Waals surface area contributed by atoms with Crippen molar-refractivity contribution < 1.29 is 13.2 Å². The summed E-state index contributed by atoms with van der Waals surface area (Å²) in [4.78, 5) is 0. The van der Waals surface area contributed by atoms with Crippen molar-refractivity contribution >= 4 is 27.3 Å². The van der Waals surface area contributed by atoms with Gasteiger partial charge in [0, 0.05) is 24.0 Å². The average molecular weight is 342 g/mol. The third kappa shape index (κ3) is 3.60. The van der Waals surface area contributed by atoms with E-state index in [0.717, 1.165) is 12.8 Å². The molecule has 0 spiro atoms. The fourth-order valence-corrected chi connectivity index (χ4v) is 3.94. The minimum atomic E-state index is -3.52. The van der Waals surface area contributed by atoms with Gasteiger partial charge < -0.3 is 4.74 Å². The van der Waals surface area contributed by atoms with Gasteiger partial charge in [-0.15, -0.1) is 0 Å². The molecule has 22 heavy (non-hydrogen) atoms. The highest BCUT2D eigenvalue weighted by Gasteiger charge is 2.24. The van der Waals surface area contributed by atoms with Crippen LogP contribution in [0.25, 0.3) is 5.69 Å². The summed E-state index contributed by atoms with van der Waals surface area (Å²) in [6, 6.07) is 6.75. The van der Waals surface area contributed by atoms with Crippen molar-refractivity contribution in [1.82, 2.24) is 9.78 Å². The standard InChI is InChI=1S/C14H16ClN3O3S/c15-11-4-5-14(18-7-2-6-16-18)13(9-11)17-22(19,20)10-12-3-1-8-21-12/h2,4-7,9,12,17H,1,3,8,10H2/t12-/m0/s1. The van der Waals surface area contributed by atoms with Crippen molar-refractivity contribution in [2.24, 2.45) is 0 Å². The molecule has 118 valence electrons. The molecular formula is C14H16ClN3O3S. The van der Waals surface area contributed by atoms with Crippen LogP contribution < -0.4 is 4.72 Å². The zero-order chi connectivity index (χ0) is 15.6. The van der Waals surface area contributed by atoms with Gasteiger partial charge in [0.15, 0.2) is 0 Å². The van der Waals surface area contributed by atoms with Gasteiger partial charge in [0.1, 0.15) is 0 Å². The Balaban J connectivity index is 1.86. The first kappa shape index (κ1) is 15.3. The first-order valence-corrected chi connectivity index (χ1v) is 8.98. The maximum absolute atomic E-state index is 12.3. The summed E-state index contributed by atoms with van der Waals surface area (Å²) in [6.07, 6.45) is 4.78. The Bertz CT molecular complexity index is 741. The molecule has 1 saturated heterocycles. The number of anilines is 1. The van der Waals surface area contributed by atoms with E-state index in [2.05, 4.69) is 9.82 Å². The fourth-order valence-electron chi connectivity index (χ4n) is 2.43. The molecule has 2 heterocycles. The van der Waals surface area contributed by atoms with Crippen LogP contribution in [-0.2, 0) is 14.8 Å². The lowest BCUT2D eigenvalue weighted by Gasteiger charge is -2.15. The van der Waals surface area contributed by atoms with Crippen LogP contribution in [0.1, 0.15) is 12.8 Å². The van der Waals surface area contributed by atoms with E-state index in [1.165, 1.54) is 0 Å². The Morgan fingerprint density at radius 3 is 3.00 bits per heavy atom. The summed E-state index contributed by atoms with van der Waals surface area (Å²) in [5, 5.41) is 4.57. The molecule has 0 bridgehead atoms. The molecule has 3 rings (SSSR count). The molecule has 2 aromatic rings. The molecule has 1 aliphatic rings. The highest BCUT2D eigenvalue weighted by atomic mass is 35.5. The summed E-state index contributed by atoms with van der Waals surface area (Å²) in [7, 11) is -3.52. The van der Waals surface area contributed by atoms with Gasteiger partial charge in [0.05, 0.1) is 23.2 Å². The average Bonchev–Trinajstić information content (AvgIpc) is 3.10. The SMILES string of the molecule is O=S(=O)(C[C@@H]1CCCO1)Nc1cc(Cl)ccc1-n1cccn1. The van der Waals surface area contributed by atoms with Crippen LogP contribution in [0.15, 0.2) is 36.7 Å². The van der Waals surface area contributed by atoms with Crippen molar-refractivity contribution in [2.75, 3.05) is 17.1 Å². The van der Waals surface area contributed by atoms with Gasteiger partial charge in [-0.2, -0.15) is 5.10 Å². The summed E-state index contributed by atoms with van der Waals surface area (Å²) in [5.74, 6) is -0.0575. The predicted molar refractivity (Wildman–Crippen MR) is 85.0 cm³/mol. The van der Waals surface area contributed by atoms with Gasteiger partial charge >= 0.3 is 0 Å². The second-order valence-electron chi connectivity index (χ2n) is 5.13.